The minimum Gasteiger partial charge on any atom is -0.475 e. The van der Waals surface area contributed by atoms with Crippen molar-refractivity contribution in [3.8, 4) is 0 Å². The molecule has 4 saturated heterocycles. The van der Waals surface area contributed by atoms with Crippen molar-refractivity contribution >= 4 is 18.2 Å². The van der Waals surface area contributed by atoms with Gasteiger partial charge in [0.15, 0.2) is 0 Å². The van der Waals surface area contributed by atoms with E-state index in [-0.39, 0.29) is 12.2 Å². The van der Waals surface area contributed by atoms with E-state index in [0.717, 1.165) is 52.4 Å². The second-order valence-corrected chi connectivity index (χ2v) is 17.6. The number of likely N-dealkylation sites (tertiary alicyclic amines) is 4. The van der Waals surface area contributed by atoms with Crippen molar-refractivity contribution in [3.05, 3.63) is 0 Å². The maximum absolute atomic E-state index is 11.7. The van der Waals surface area contributed by atoms with E-state index < -0.39 is 23.3 Å². The Morgan fingerprint density at radius 1 is 0.610 bits per heavy atom. The van der Waals surface area contributed by atoms with Gasteiger partial charge in [-0.1, -0.05) is 25.7 Å². The first-order valence-electron chi connectivity index (χ1n) is 22.1. The normalized spacial score (nSPS) is 18.4. The van der Waals surface area contributed by atoms with Crippen molar-refractivity contribution in [3.63, 3.8) is 0 Å². The smallest absolute Gasteiger partial charge is 0.475 e. The van der Waals surface area contributed by atoms with Gasteiger partial charge in [-0.15, -0.1) is 0 Å². The van der Waals surface area contributed by atoms with Gasteiger partial charge in [-0.2, -0.15) is 13.2 Å². The van der Waals surface area contributed by atoms with Crippen LogP contribution >= 0.6 is 0 Å². The number of nitrogens with zero attached hydrogens (tertiary/aromatic N) is 5. The molecule has 0 spiro atoms. The second-order valence-electron chi connectivity index (χ2n) is 17.6. The molecule has 0 aromatic carbocycles. The minimum absolute atomic E-state index is 0.227. The predicted octanol–water partition coefficient (Wildman–Crippen LogP) is 6.09. The molecule has 14 nitrogen and oxygen atoms in total. The molecule has 0 aliphatic carbocycles. The molecule has 5 N–H and O–H groups in total. The molecule has 4 fully saturated rings. The summed E-state index contributed by atoms with van der Waals surface area (Å²) in [7, 11) is 3.82. The molecule has 4 aliphatic rings. The number of piperidine rings is 4. The molecule has 0 aromatic rings. The standard InChI is InChI=1S/C13H26N2O2.C12H24N2O2.C8H18N2.C7H16N2.C2HF3O2/c1-13(2,3)17-12(16)14(4)10-11-15-8-6-5-7-9-15;1-12(2,3)16-11(15)13-7-10-14-8-5-4-6-9-14;1-9-5-8-10-6-3-2-4-7-10;8-4-7-9-5-2-1-3-6-9;3-2(4,5)1(6)7/h5-11H2,1-4H3;4-10H2,1-3H3,(H,13,15);9H,2-8H2,1H3;1-8H2;(H,6,7). The SMILES string of the molecule is CC(C)(C)OC(=O)NCCN1CCCCC1.CN(CCN1CCCCC1)C(=O)OC(C)(C)C.CNCCN1CCCCC1.NCCN1CCCCC1.O=C(O)C(F)(F)F. The van der Waals surface area contributed by atoms with Crippen molar-refractivity contribution in [2.45, 2.75) is 136 Å². The Labute approximate surface area is 355 Å². The van der Waals surface area contributed by atoms with E-state index in [4.69, 9.17) is 25.1 Å². The first-order chi connectivity index (χ1) is 27.7. The number of carboxylic acid groups (broad SMARTS) is 1. The van der Waals surface area contributed by atoms with Gasteiger partial charge in [0.05, 0.1) is 0 Å². The lowest BCUT2D eigenvalue weighted by molar-refractivity contribution is -0.192. The highest BCUT2D eigenvalue weighted by Gasteiger charge is 2.38. The summed E-state index contributed by atoms with van der Waals surface area (Å²) in [5.74, 6) is -2.76. The average molecular weight is 855 g/mol. The topological polar surface area (TPSA) is 156 Å². The summed E-state index contributed by atoms with van der Waals surface area (Å²) in [6.45, 7) is 28.7. The molecule has 2 amide bonds. The number of rotatable bonds is 11. The van der Waals surface area contributed by atoms with E-state index in [1.807, 2.05) is 48.6 Å². The molecule has 59 heavy (non-hydrogen) atoms. The van der Waals surface area contributed by atoms with Gasteiger partial charge < -0.3 is 55.4 Å². The quantitative estimate of drug-likeness (QED) is 0.190. The van der Waals surface area contributed by atoms with Crippen molar-refractivity contribution in [2.75, 3.05) is 119 Å². The number of carboxylic acids is 1. The van der Waals surface area contributed by atoms with Crippen LogP contribution in [0.3, 0.4) is 0 Å². The number of alkyl halides is 3. The molecule has 350 valence electrons. The molecule has 0 atom stereocenters. The fourth-order valence-electron chi connectivity index (χ4n) is 6.54. The molecule has 0 unspecified atom stereocenters. The third kappa shape index (κ3) is 34.9. The van der Waals surface area contributed by atoms with Crippen LogP contribution < -0.4 is 16.4 Å². The summed E-state index contributed by atoms with van der Waals surface area (Å²) < 4.78 is 42.2. The van der Waals surface area contributed by atoms with Gasteiger partial charge in [0.25, 0.3) is 0 Å². The number of carbonyl (C=O) groups excluding carboxylic acids is 2. The third-order valence-electron chi connectivity index (χ3n) is 9.71. The molecule has 0 bridgehead atoms. The highest BCUT2D eigenvalue weighted by atomic mass is 19.4. The van der Waals surface area contributed by atoms with Crippen molar-refractivity contribution in [2.24, 2.45) is 5.73 Å². The number of nitrogens with two attached hydrogens (primary N) is 1. The van der Waals surface area contributed by atoms with Gasteiger partial charge in [0.2, 0.25) is 0 Å². The summed E-state index contributed by atoms with van der Waals surface area (Å²) in [6, 6.07) is 0. The summed E-state index contributed by atoms with van der Waals surface area (Å²) in [6.07, 6.45) is 10.6. The van der Waals surface area contributed by atoms with Gasteiger partial charge in [0.1, 0.15) is 11.2 Å². The number of halogens is 3. The zero-order valence-corrected chi connectivity index (χ0v) is 38.2. The van der Waals surface area contributed by atoms with Crippen LogP contribution in [-0.2, 0) is 14.3 Å². The Morgan fingerprint density at radius 3 is 1.27 bits per heavy atom. The highest BCUT2D eigenvalue weighted by molar-refractivity contribution is 5.73. The first-order valence-corrected chi connectivity index (χ1v) is 22.1. The van der Waals surface area contributed by atoms with E-state index in [1.54, 1.807) is 11.9 Å². The zero-order valence-electron chi connectivity index (χ0n) is 38.2. The first kappa shape index (κ1) is 56.6. The number of aliphatic carboxylic acids is 1. The van der Waals surface area contributed by atoms with E-state index in [1.165, 1.54) is 123 Å². The lowest BCUT2D eigenvalue weighted by Crippen LogP contribution is -2.40. The molecule has 0 aromatic heterocycles. The van der Waals surface area contributed by atoms with Crippen LogP contribution in [0.15, 0.2) is 0 Å². The van der Waals surface area contributed by atoms with Crippen molar-refractivity contribution < 1.29 is 42.1 Å². The number of hydrogen-bond donors (Lipinski definition) is 4. The van der Waals surface area contributed by atoms with Crippen LogP contribution in [-0.4, -0.2) is 184 Å². The Hall–Kier alpha value is -2.44. The lowest BCUT2D eigenvalue weighted by atomic mass is 10.1. The molecule has 0 radical (unpaired) electrons. The van der Waals surface area contributed by atoms with Gasteiger partial charge >= 0.3 is 24.3 Å². The van der Waals surface area contributed by atoms with Crippen LogP contribution in [0, 0.1) is 0 Å². The second kappa shape index (κ2) is 32.3. The Balaban J connectivity index is 0.000000740. The van der Waals surface area contributed by atoms with Crippen molar-refractivity contribution in [1.82, 2.24) is 35.1 Å². The zero-order chi connectivity index (χ0) is 44.7. The van der Waals surface area contributed by atoms with Gasteiger partial charge in [0, 0.05) is 59.4 Å². The summed E-state index contributed by atoms with van der Waals surface area (Å²) in [4.78, 5) is 43.4. The van der Waals surface area contributed by atoms with Crippen LogP contribution in [0.4, 0.5) is 22.8 Å². The highest BCUT2D eigenvalue weighted by Crippen LogP contribution is 2.14. The van der Waals surface area contributed by atoms with Gasteiger partial charge in [-0.25, -0.2) is 14.4 Å². The third-order valence-corrected chi connectivity index (χ3v) is 9.71. The predicted molar refractivity (Wildman–Crippen MR) is 231 cm³/mol. The van der Waals surface area contributed by atoms with Gasteiger partial charge in [-0.3, -0.25) is 0 Å². The van der Waals surface area contributed by atoms with Crippen LogP contribution in [0.25, 0.3) is 0 Å². The number of ether oxygens (including phenoxy) is 2. The van der Waals surface area contributed by atoms with E-state index in [0.29, 0.717) is 6.54 Å². The lowest BCUT2D eigenvalue weighted by Gasteiger charge is -2.29. The average Bonchev–Trinajstić information content (AvgIpc) is 3.17. The fourth-order valence-corrected chi connectivity index (χ4v) is 6.54. The monoisotopic (exact) mass is 855 g/mol. The number of nitrogens with one attached hydrogen (secondary N) is 2. The van der Waals surface area contributed by atoms with E-state index in [2.05, 4.69) is 30.2 Å². The minimum atomic E-state index is -5.08. The molecule has 4 heterocycles. The molecule has 0 saturated carbocycles. The fraction of sp³-hybridized carbons (Fsp3) is 0.929. The Bertz CT molecular complexity index is 1070. The summed E-state index contributed by atoms with van der Waals surface area (Å²) in [5, 5.41) is 13.1. The van der Waals surface area contributed by atoms with Crippen molar-refractivity contribution in [1.29, 1.82) is 0 Å². The number of hydrogen-bond acceptors (Lipinski definition) is 11. The largest absolute Gasteiger partial charge is 0.490 e. The Kier molecular flexibility index (Phi) is 31.0. The molecule has 4 rings (SSSR count). The van der Waals surface area contributed by atoms with Crippen LogP contribution in [0.2, 0.25) is 0 Å². The molecular formula is C42H85F3N8O6. The number of carbonyl (C=O) groups is 3. The maximum atomic E-state index is 11.7. The van der Waals surface area contributed by atoms with Crippen LogP contribution in [0.1, 0.15) is 119 Å². The summed E-state index contributed by atoms with van der Waals surface area (Å²) in [5.41, 5.74) is 4.60. The maximum Gasteiger partial charge on any atom is 0.490 e. The Morgan fingerprint density at radius 2 is 0.949 bits per heavy atom. The molecule has 17 heteroatoms. The van der Waals surface area contributed by atoms with E-state index in [9.17, 15) is 22.8 Å². The number of alkyl carbamates (subject to hydrolysis) is 1. The number of likely N-dealkylation sites (N-methyl/N-ethyl adjacent to an activating group) is 2. The van der Waals surface area contributed by atoms with Crippen LogP contribution in [0.5, 0.6) is 0 Å². The molecule has 4 aliphatic heterocycles. The molecular weight excluding hydrogens is 770 g/mol. The van der Waals surface area contributed by atoms with E-state index >= 15 is 0 Å². The van der Waals surface area contributed by atoms with Gasteiger partial charge in [-0.05, 0) is 152 Å². The summed E-state index contributed by atoms with van der Waals surface area (Å²) >= 11 is 0. The number of amides is 2.